The Hall–Kier alpha value is -0.220. The number of halogens is 2. The maximum absolute atomic E-state index is 13.1. The van der Waals surface area contributed by atoms with E-state index in [0.717, 1.165) is 10.2 Å². The SMILES string of the molecule is Fc1cc(Br)cc(NC2CCSCC2)c1. The molecule has 0 spiro atoms. The molecule has 1 aliphatic rings. The maximum Gasteiger partial charge on any atom is 0.126 e. The molecule has 1 aromatic carbocycles. The van der Waals surface area contributed by atoms with Gasteiger partial charge in [0.25, 0.3) is 0 Å². The van der Waals surface area contributed by atoms with Gasteiger partial charge >= 0.3 is 0 Å². The Bertz CT molecular complexity index is 319. The summed E-state index contributed by atoms with van der Waals surface area (Å²) < 4.78 is 13.9. The van der Waals surface area contributed by atoms with Gasteiger partial charge < -0.3 is 5.32 Å². The topological polar surface area (TPSA) is 12.0 Å². The molecule has 2 rings (SSSR count). The molecule has 82 valence electrons. The van der Waals surface area contributed by atoms with Crippen LogP contribution in [0.5, 0.6) is 0 Å². The fourth-order valence-electron chi connectivity index (χ4n) is 1.71. The molecule has 0 amide bonds. The Morgan fingerprint density at radius 3 is 2.67 bits per heavy atom. The first kappa shape index (κ1) is 11.3. The Labute approximate surface area is 102 Å². The summed E-state index contributed by atoms with van der Waals surface area (Å²) in [4.78, 5) is 0. The number of benzene rings is 1. The van der Waals surface area contributed by atoms with Crippen molar-refractivity contribution < 1.29 is 4.39 Å². The van der Waals surface area contributed by atoms with Crippen molar-refractivity contribution in [3.63, 3.8) is 0 Å². The summed E-state index contributed by atoms with van der Waals surface area (Å²) in [5.74, 6) is 2.21. The minimum Gasteiger partial charge on any atom is -0.382 e. The van der Waals surface area contributed by atoms with Gasteiger partial charge in [0.15, 0.2) is 0 Å². The summed E-state index contributed by atoms with van der Waals surface area (Å²) in [6.45, 7) is 0. The lowest BCUT2D eigenvalue weighted by molar-refractivity contribution is 0.624. The lowest BCUT2D eigenvalue weighted by Crippen LogP contribution is -2.24. The van der Waals surface area contributed by atoms with Crippen LogP contribution in [0.2, 0.25) is 0 Å². The molecule has 1 saturated heterocycles. The molecule has 0 aromatic heterocycles. The Morgan fingerprint density at radius 1 is 1.27 bits per heavy atom. The van der Waals surface area contributed by atoms with Crippen molar-refractivity contribution in [3.05, 3.63) is 28.5 Å². The van der Waals surface area contributed by atoms with E-state index in [9.17, 15) is 4.39 Å². The molecule has 0 aliphatic carbocycles. The van der Waals surface area contributed by atoms with Gasteiger partial charge in [0.2, 0.25) is 0 Å². The summed E-state index contributed by atoms with van der Waals surface area (Å²) >= 11 is 5.29. The fourth-order valence-corrected chi connectivity index (χ4v) is 3.29. The molecule has 15 heavy (non-hydrogen) atoms. The molecule has 0 radical (unpaired) electrons. The normalized spacial score (nSPS) is 17.7. The van der Waals surface area contributed by atoms with Gasteiger partial charge in [0, 0.05) is 16.2 Å². The Kier molecular flexibility index (Phi) is 3.92. The van der Waals surface area contributed by atoms with E-state index in [-0.39, 0.29) is 5.82 Å². The monoisotopic (exact) mass is 289 g/mol. The Morgan fingerprint density at radius 2 is 2.00 bits per heavy atom. The van der Waals surface area contributed by atoms with E-state index >= 15 is 0 Å². The van der Waals surface area contributed by atoms with Crippen molar-refractivity contribution >= 4 is 33.4 Å². The minimum absolute atomic E-state index is 0.197. The van der Waals surface area contributed by atoms with E-state index in [1.165, 1.54) is 30.4 Å². The van der Waals surface area contributed by atoms with Crippen LogP contribution in [0.3, 0.4) is 0 Å². The van der Waals surface area contributed by atoms with Gasteiger partial charge in [-0.2, -0.15) is 11.8 Å². The molecule has 0 saturated carbocycles. The first-order valence-electron chi connectivity index (χ1n) is 5.04. The standard InChI is InChI=1S/C11H13BrFNS/c12-8-5-9(13)7-11(6-8)14-10-1-3-15-4-2-10/h5-7,10,14H,1-4H2. The van der Waals surface area contributed by atoms with Gasteiger partial charge in [-0.15, -0.1) is 0 Å². The van der Waals surface area contributed by atoms with Crippen LogP contribution in [0, 0.1) is 5.82 Å². The molecule has 1 heterocycles. The highest BCUT2D eigenvalue weighted by Crippen LogP contribution is 2.23. The zero-order chi connectivity index (χ0) is 10.7. The quantitative estimate of drug-likeness (QED) is 0.886. The summed E-state index contributed by atoms with van der Waals surface area (Å²) in [7, 11) is 0. The zero-order valence-electron chi connectivity index (χ0n) is 8.30. The molecular weight excluding hydrogens is 277 g/mol. The second-order valence-electron chi connectivity index (χ2n) is 3.69. The largest absolute Gasteiger partial charge is 0.382 e. The number of hydrogen-bond donors (Lipinski definition) is 1. The molecule has 1 aromatic rings. The van der Waals surface area contributed by atoms with Crippen LogP contribution in [0.1, 0.15) is 12.8 Å². The molecule has 1 fully saturated rings. The van der Waals surface area contributed by atoms with Crippen molar-refractivity contribution in [2.45, 2.75) is 18.9 Å². The third-order valence-electron chi connectivity index (χ3n) is 2.45. The zero-order valence-corrected chi connectivity index (χ0v) is 10.7. The average molecular weight is 290 g/mol. The molecule has 1 N–H and O–H groups in total. The van der Waals surface area contributed by atoms with Crippen LogP contribution in [0.4, 0.5) is 10.1 Å². The molecule has 0 atom stereocenters. The second-order valence-corrected chi connectivity index (χ2v) is 5.83. The highest BCUT2D eigenvalue weighted by atomic mass is 79.9. The van der Waals surface area contributed by atoms with Gasteiger partial charge in [-0.05, 0) is 42.5 Å². The first-order chi connectivity index (χ1) is 7.24. The summed E-state index contributed by atoms with van der Waals surface area (Å²) in [6.07, 6.45) is 2.33. The number of thioether (sulfide) groups is 1. The van der Waals surface area contributed by atoms with Crippen LogP contribution in [0.15, 0.2) is 22.7 Å². The van der Waals surface area contributed by atoms with E-state index in [1.54, 1.807) is 6.07 Å². The molecule has 1 aliphatic heterocycles. The van der Waals surface area contributed by atoms with Crippen LogP contribution in [0.25, 0.3) is 0 Å². The summed E-state index contributed by atoms with van der Waals surface area (Å²) in [5.41, 5.74) is 0.874. The van der Waals surface area contributed by atoms with Gasteiger partial charge in [-0.25, -0.2) is 4.39 Å². The summed E-state index contributed by atoms with van der Waals surface area (Å²) in [6, 6.07) is 5.44. The molecule has 0 bridgehead atoms. The first-order valence-corrected chi connectivity index (χ1v) is 6.99. The van der Waals surface area contributed by atoms with E-state index in [1.807, 2.05) is 17.8 Å². The van der Waals surface area contributed by atoms with E-state index in [0.29, 0.717) is 6.04 Å². The van der Waals surface area contributed by atoms with E-state index in [4.69, 9.17) is 0 Å². The van der Waals surface area contributed by atoms with E-state index < -0.39 is 0 Å². The van der Waals surface area contributed by atoms with E-state index in [2.05, 4.69) is 21.2 Å². The average Bonchev–Trinajstić information content (AvgIpc) is 2.17. The number of nitrogens with one attached hydrogen (secondary N) is 1. The fraction of sp³-hybridized carbons (Fsp3) is 0.455. The van der Waals surface area contributed by atoms with Crippen LogP contribution in [-0.4, -0.2) is 17.5 Å². The lowest BCUT2D eigenvalue weighted by Gasteiger charge is -2.23. The van der Waals surface area contributed by atoms with Crippen molar-refractivity contribution in [1.29, 1.82) is 0 Å². The third-order valence-corrected chi connectivity index (χ3v) is 3.96. The smallest absolute Gasteiger partial charge is 0.126 e. The van der Waals surface area contributed by atoms with Crippen LogP contribution in [-0.2, 0) is 0 Å². The van der Waals surface area contributed by atoms with Gasteiger partial charge in [0.05, 0.1) is 0 Å². The minimum atomic E-state index is -0.197. The predicted molar refractivity (Wildman–Crippen MR) is 68.1 cm³/mol. The number of anilines is 1. The predicted octanol–water partition coefficient (Wildman–Crippen LogP) is 3.90. The lowest BCUT2D eigenvalue weighted by atomic mass is 10.1. The number of rotatable bonds is 2. The van der Waals surface area contributed by atoms with Crippen molar-refractivity contribution in [3.8, 4) is 0 Å². The highest BCUT2D eigenvalue weighted by Gasteiger charge is 2.13. The molecule has 4 heteroatoms. The number of hydrogen-bond acceptors (Lipinski definition) is 2. The highest BCUT2D eigenvalue weighted by molar-refractivity contribution is 9.10. The van der Waals surface area contributed by atoms with Gasteiger partial charge in [-0.3, -0.25) is 0 Å². The molecule has 0 unspecified atom stereocenters. The van der Waals surface area contributed by atoms with Crippen LogP contribution >= 0.6 is 27.7 Å². The second kappa shape index (κ2) is 5.21. The van der Waals surface area contributed by atoms with Gasteiger partial charge in [0.1, 0.15) is 5.82 Å². The van der Waals surface area contributed by atoms with Crippen molar-refractivity contribution in [2.75, 3.05) is 16.8 Å². The van der Waals surface area contributed by atoms with Crippen molar-refractivity contribution in [1.82, 2.24) is 0 Å². The Balaban J connectivity index is 2.02. The molecular formula is C11H13BrFNS. The maximum atomic E-state index is 13.1. The van der Waals surface area contributed by atoms with Gasteiger partial charge in [-0.1, -0.05) is 15.9 Å². The van der Waals surface area contributed by atoms with Crippen molar-refractivity contribution in [2.24, 2.45) is 0 Å². The van der Waals surface area contributed by atoms with Crippen LogP contribution < -0.4 is 5.32 Å². The third kappa shape index (κ3) is 3.38. The summed E-state index contributed by atoms with van der Waals surface area (Å²) in [5, 5.41) is 3.38. The molecule has 1 nitrogen and oxygen atoms in total.